The zero-order valence-electron chi connectivity index (χ0n) is 10.4. The Hall–Kier alpha value is -1.37. The fourth-order valence-corrected chi connectivity index (χ4v) is 2.17. The van der Waals surface area contributed by atoms with Gasteiger partial charge in [0.25, 0.3) is 0 Å². The van der Waals surface area contributed by atoms with Crippen LogP contribution < -0.4 is 0 Å². The van der Waals surface area contributed by atoms with Gasteiger partial charge in [-0.05, 0) is 11.1 Å². The van der Waals surface area contributed by atoms with Crippen LogP contribution in [0.2, 0.25) is 0 Å². The Morgan fingerprint density at radius 2 is 2.00 bits per heavy atom. The number of rotatable bonds is 6. The summed E-state index contributed by atoms with van der Waals surface area (Å²) in [6.07, 6.45) is -2.35. The van der Waals surface area contributed by atoms with Gasteiger partial charge in [0, 0.05) is 12.7 Å². The van der Waals surface area contributed by atoms with E-state index in [0.29, 0.717) is 11.1 Å². The van der Waals surface area contributed by atoms with E-state index in [-0.39, 0.29) is 17.3 Å². The van der Waals surface area contributed by atoms with Crippen LogP contribution in [0.5, 0.6) is 0 Å². The molecule has 0 radical (unpaired) electrons. The Morgan fingerprint density at radius 3 is 2.58 bits per heavy atom. The summed E-state index contributed by atoms with van der Waals surface area (Å²) in [7, 11) is 0. The van der Waals surface area contributed by atoms with Crippen LogP contribution in [0.15, 0.2) is 24.3 Å². The van der Waals surface area contributed by atoms with Gasteiger partial charge in [-0.25, -0.2) is 0 Å². The van der Waals surface area contributed by atoms with Crippen molar-refractivity contribution in [3.63, 3.8) is 0 Å². The molecule has 0 aliphatic heterocycles. The number of aliphatic hydroxyl groups is 2. The van der Waals surface area contributed by atoms with E-state index in [9.17, 15) is 19.8 Å². The van der Waals surface area contributed by atoms with Gasteiger partial charge in [0.15, 0.2) is 5.12 Å². The summed E-state index contributed by atoms with van der Waals surface area (Å²) in [5.74, 6) is -0.862. The van der Waals surface area contributed by atoms with Gasteiger partial charge in [0.05, 0.1) is 12.5 Å². The molecule has 6 heteroatoms. The smallest absolute Gasteiger partial charge is 0.307 e. The number of hydrogen-bond acceptors (Lipinski definition) is 5. The van der Waals surface area contributed by atoms with Gasteiger partial charge in [-0.1, -0.05) is 36.0 Å². The van der Waals surface area contributed by atoms with Crippen molar-refractivity contribution >= 4 is 22.8 Å². The van der Waals surface area contributed by atoms with Gasteiger partial charge in [-0.3, -0.25) is 9.59 Å². The van der Waals surface area contributed by atoms with Crippen molar-refractivity contribution in [2.45, 2.75) is 25.6 Å². The van der Waals surface area contributed by atoms with Crippen LogP contribution in [0.1, 0.15) is 24.2 Å². The van der Waals surface area contributed by atoms with E-state index in [1.807, 2.05) is 0 Å². The SMILES string of the molecule is CC(=O)SCC(O)C(O)c1cccc(CC(=O)O)c1. The Morgan fingerprint density at radius 1 is 1.32 bits per heavy atom. The number of benzene rings is 1. The summed E-state index contributed by atoms with van der Waals surface area (Å²) in [4.78, 5) is 21.4. The topological polar surface area (TPSA) is 94.8 Å². The second-order valence-corrected chi connectivity index (χ2v) is 5.33. The summed E-state index contributed by atoms with van der Waals surface area (Å²) in [6, 6.07) is 6.42. The number of aliphatic carboxylic acids is 1. The van der Waals surface area contributed by atoms with Gasteiger partial charge in [0.1, 0.15) is 6.10 Å². The highest BCUT2D eigenvalue weighted by molar-refractivity contribution is 8.13. The Labute approximate surface area is 115 Å². The molecule has 0 amide bonds. The Bertz CT molecular complexity index is 460. The zero-order chi connectivity index (χ0) is 14.4. The van der Waals surface area contributed by atoms with Crippen molar-refractivity contribution < 1.29 is 24.9 Å². The maximum absolute atomic E-state index is 10.8. The summed E-state index contributed by atoms with van der Waals surface area (Å²) >= 11 is 0.934. The van der Waals surface area contributed by atoms with Gasteiger partial charge in [0.2, 0.25) is 0 Å². The second-order valence-electron chi connectivity index (χ2n) is 4.13. The first kappa shape index (κ1) is 15.7. The molecule has 0 aliphatic rings. The van der Waals surface area contributed by atoms with Crippen LogP contribution in [0.3, 0.4) is 0 Å². The number of carboxylic acid groups (broad SMARTS) is 1. The standard InChI is InChI=1S/C13H16O5S/c1-8(14)19-7-11(15)13(18)10-4-2-3-9(5-10)6-12(16)17/h2-5,11,13,15,18H,6-7H2,1H3,(H,16,17). The largest absolute Gasteiger partial charge is 0.481 e. The van der Waals surface area contributed by atoms with E-state index < -0.39 is 18.2 Å². The quantitative estimate of drug-likeness (QED) is 0.721. The van der Waals surface area contributed by atoms with Crippen LogP contribution >= 0.6 is 11.8 Å². The molecule has 3 N–H and O–H groups in total. The first-order valence-corrected chi connectivity index (χ1v) is 6.69. The molecular formula is C13H16O5S. The minimum Gasteiger partial charge on any atom is -0.481 e. The summed E-state index contributed by atoms with van der Waals surface area (Å²) < 4.78 is 0. The van der Waals surface area contributed by atoms with Crippen LogP contribution in [0.25, 0.3) is 0 Å². The lowest BCUT2D eigenvalue weighted by atomic mass is 10.0. The molecule has 0 heterocycles. The Kier molecular flexibility index (Phi) is 6.01. The van der Waals surface area contributed by atoms with Crippen LogP contribution in [-0.4, -0.2) is 38.3 Å². The molecule has 1 aromatic rings. The lowest BCUT2D eigenvalue weighted by molar-refractivity contribution is -0.136. The molecule has 0 spiro atoms. The van der Waals surface area contributed by atoms with Gasteiger partial charge < -0.3 is 15.3 Å². The van der Waals surface area contributed by atoms with Crippen molar-refractivity contribution in [3.05, 3.63) is 35.4 Å². The van der Waals surface area contributed by atoms with E-state index in [1.165, 1.54) is 6.92 Å². The summed E-state index contributed by atoms with van der Waals surface area (Å²) in [6.45, 7) is 1.39. The highest BCUT2D eigenvalue weighted by Gasteiger charge is 2.19. The number of carbonyl (C=O) groups excluding carboxylic acids is 1. The summed E-state index contributed by atoms with van der Waals surface area (Å²) in [5.41, 5.74) is 0.992. The minimum atomic E-state index is -1.14. The lowest BCUT2D eigenvalue weighted by Gasteiger charge is -2.17. The van der Waals surface area contributed by atoms with E-state index >= 15 is 0 Å². The molecule has 0 bridgehead atoms. The predicted octanol–water partition coefficient (Wildman–Crippen LogP) is 0.988. The molecule has 0 aliphatic carbocycles. The molecule has 2 unspecified atom stereocenters. The molecule has 0 fully saturated rings. The molecule has 0 aromatic heterocycles. The lowest BCUT2D eigenvalue weighted by Crippen LogP contribution is -2.21. The average Bonchev–Trinajstić information content (AvgIpc) is 2.34. The van der Waals surface area contributed by atoms with Crippen molar-refractivity contribution in [2.75, 3.05) is 5.75 Å². The highest BCUT2D eigenvalue weighted by Crippen LogP contribution is 2.21. The summed E-state index contributed by atoms with van der Waals surface area (Å²) in [5, 5.41) is 28.3. The van der Waals surface area contributed by atoms with Crippen LogP contribution in [0, 0.1) is 0 Å². The monoisotopic (exact) mass is 284 g/mol. The molecule has 0 saturated carbocycles. The van der Waals surface area contributed by atoms with E-state index in [1.54, 1.807) is 24.3 Å². The number of hydrogen-bond donors (Lipinski definition) is 3. The zero-order valence-corrected chi connectivity index (χ0v) is 11.3. The maximum atomic E-state index is 10.8. The second kappa shape index (κ2) is 7.28. The van der Waals surface area contributed by atoms with Crippen molar-refractivity contribution in [1.82, 2.24) is 0 Å². The third-order valence-electron chi connectivity index (χ3n) is 2.47. The number of thioether (sulfide) groups is 1. The van der Waals surface area contributed by atoms with E-state index in [0.717, 1.165) is 11.8 Å². The van der Waals surface area contributed by atoms with Gasteiger partial charge in [-0.2, -0.15) is 0 Å². The first-order valence-electron chi connectivity index (χ1n) is 5.70. The number of aliphatic hydroxyl groups excluding tert-OH is 2. The van der Waals surface area contributed by atoms with Gasteiger partial charge >= 0.3 is 5.97 Å². The average molecular weight is 284 g/mol. The van der Waals surface area contributed by atoms with Crippen molar-refractivity contribution in [3.8, 4) is 0 Å². The van der Waals surface area contributed by atoms with Gasteiger partial charge in [-0.15, -0.1) is 0 Å². The molecule has 5 nitrogen and oxygen atoms in total. The molecule has 1 rings (SSSR count). The number of carboxylic acids is 1. The number of carbonyl (C=O) groups is 2. The predicted molar refractivity (Wildman–Crippen MR) is 71.9 cm³/mol. The van der Waals surface area contributed by atoms with Crippen molar-refractivity contribution in [2.24, 2.45) is 0 Å². The van der Waals surface area contributed by atoms with E-state index in [2.05, 4.69) is 0 Å². The highest BCUT2D eigenvalue weighted by atomic mass is 32.2. The molecule has 19 heavy (non-hydrogen) atoms. The van der Waals surface area contributed by atoms with Crippen molar-refractivity contribution in [1.29, 1.82) is 0 Å². The molecule has 1 aromatic carbocycles. The van der Waals surface area contributed by atoms with E-state index in [4.69, 9.17) is 5.11 Å². The third kappa shape index (κ3) is 5.42. The van der Waals surface area contributed by atoms with Crippen LogP contribution in [-0.2, 0) is 16.0 Å². The fourth-order valence-electron chi connectivity index (χ4n) is 1.58. The Balaban J connectivity index is 2.72. The third-order valence-corrected chi connectivity index (χ3v) is 3.38. The molecular weight excluding hydrogens is 268 g/mol. The maximum Gasteiger partial charge on any atom is 0.307 e. The minimum absolute atomic E-state index is 0.0969. The molecule has 104 valence electrons. The first-order chi connectivity index (χ1) is 8.90. The fraction of sp³-hybridized carbons (Fsp3) is 0.385. The molecule has 2 atom stereocenters. The van der Waals surface area contributed by atoms with Crippen LogP contribution in [0.4, 0.5) is 0 Å². The molecule has 0 saturated heterocycles. The normalized spacial score (nSPS) is 13.8.